The molecule has 0 aromatic rings. The van der Waals surface area contributed by atoms with E-state index in [0.29, 0.717) is 0 Å². The Kier molecular flexibility index (Phi) is 3.79. The second kappa shape index (κ2) is 4.40. The van der Waals surface area contributed by atoms with E-state index in [1.54, 1.807) is 0 Å². The van der Waals surface area contributed by atoms with Crippen molar-refractivity contribution in [3.05, 3.63) is 12.7 Å². The summed E-state index contributed by atoms with van der Waals surface area (Å²) in [7, 11) is -1.50. The molecule has 15 heavy (non-hydrogen) atoms. The Morgan fingerprint density at radius 1 is 1.33 bits per heavy atom. The van der Waals surface area contributed by atoms with Crippen LogP contribution in [0.1, 0.15) is 26.7 Å². The van der Waals surface area contributed by atoms with Crippen molar-refractivity contribution in [1.29, 1.82) is 0 Å². The van der Waals surface area contributed by atoms with Gasteiger partial charge in [-0.1, -0.05) is 6.08 Å². The van der Waals surface area contributed by atoms with Crippen LogP contribution in [0.5, 0.6) is 0 Å². The van der Waals surface area contributed by atoms with Gasteiger partial charge in [0, 0.05) is 0 Å². The maximum absolute atomic E-state index is 6.18. The highest BCUT2D eigenvalue weighted by molar-refractivity contribution is 6.69. The summed E-state index contributed by atoms with van der Waals surface area (Å²) >= 11 is 0. The second-order valence-electron chi connectivity index (χ2n) is 5.79. The molecule has 0 amide bonds. The van der Waals surface area contributed by atoms with Crippen LogP contribution in [0.15, 0.2) is 12.7 Å². The number of hydrogen-bond acceptors (Lipinski definition) is 2. The summed E-state index contributed by atoms with van der Waals surface area (Å²) in [6.45, 7) is 14.7. The highest BCUT2D eigenvalue weighted by Crippen LogP contribution is 2.32. The number of ether oxygens (including phenoxy) is 1. The summed E-state index contributed by atoms with van der Waals surface area (Å²) in [6.07, 6.45) is 4.48. The fourth-order valence-corrected chi connectivity index (χ4v) is 3.91. The lowest BCUT2D eigenvalue weighted by atomic mass is 9.99. The molecule has 0 saturated carbocycles. The average molecular weight is 228 g/mol. The molecule has 0 unspecified atom stereocenters. The van der Waals surface area contributed by atoms with Crippen molar-refractivity contribution >= 4 is 8.32 Å². The van der Waals surface area contributed by atoms with Crippen LogP contribution in [0.4, 0.5) is 0 Å². The molecule has 1 fully saturated rings. The first-order valence-corrected chi connectivity index (χ1v) is 9.13. The summed E-state index contributed by atoms with van der Waals surface area (Å²) in [5, 5.41) is 0. The Morgan fingerprint density at radius 2 is 1.93 bits per heavy atom. The van der Waals surface area contributed by atoms with Crippen molar-refractivity contribution < 1.29 is 9.16 Å². The van der Waals surface area contributed by atoms with E-state index in [0.717, 1.165) is 12.8 Å². The van der Waals surface area contributed by atoms with Crippen LogP contribution in [0.3, 0.4) is 0 Å². The van der Waals surface area contributed by atoms with Gasteiger partial charge in [-0.15, -0.1) is 6.58 Å². The van der Waals surface area contributed by atoms with Gasteiger partial charge in [0.15, 0.2) is 8.32 Å². The van der Waals surface area contributed by atoms with E-state index in [2.05, 4.69) is 40.1 Å². The zero-order valence-electron chi connectivity index (χ0n) is 10.7. The minimum Gasteiger partial charge on any atom is -0.410 e. The lowest BCUT2D eigenvalue weighted by molar-refractivity contribution is -0.0622. The van der Waals surface area contributed by atoms with Gasteiger partial charge in [0.1, 0.15) is 0 Å². The predicted molar refractivity (Wildman–Crippen MR) is 66.6 cm³/mol. The first-order valence-electron chi connectivity index (χ1n) is 5.73. The Bertz CT molecular complexity index is 230. The normalized spacial score (nSPS) is 28.1. The highest BCUT2D eigenvalue weighted by Gasteiger charge is 2.39. The predicted octanol–water partition coefficient (Wildman–Crippen LogP) is 3.35. The Hall–Kier alpha value is -0.123. The highest BCUT2D eigenvalue weighted by atomic mass is 28.4. The van der Waals surface area contributed by atoms with Gasteiger partial charge in [-0.2, -0.15) is 0 Å². The first kappa shape index (κ1) is 12.9. The third-order valence-corrected chi connectivity index (χ3v) is 3.80. The molecule has 0 radical (unpaired) electrons. The van der Waals surface area contributed by atoms with Gasteiger partial charge in [0.25, 0.3) is 0 Å². The van der Waals surface area contributed by atoms with Crippen LogP contribution in [0, 0.1) is 0 Å². The van der Waals surface area contributed by atoms with Crippen molar-refractivity contribution in [1.82, 2.24) is 0 Å². The van der Waals surface area contributed by atoms with Crippen molar-refractivity contribution in [3.8, 4) is 0 Å². The molecule has 1 rings (SSSR count). The Balaban J connectivity index is 2.59. The zero-order chi connectivity index (χ0) is 11.7. The lowest BCUT2D eigenvalue weighted by Crippen LogP contribution is -2.46. The van der Waals surface area contributed by atoms with Gasteiger partial charge in [-0.3, -0.25) is 0 Å². The second-order valence-corrected chi connectivity index (χ2v) is 10.2. The molecule has 1 aliphatic heterocycles. The molecule has 88 valence electrons. The molecular weight excluding hydrogens is 204 g/mol. The summed E-state index contributed by atoms with van der Waals surface area (Å²) < 4.78 is 12.1. The molecule has 0 aliphatic carbocycles. The van der Waals surface area contributed by atoms with Gasteiger partial charge in [-0.25, -0.2) is 0 Å². The van der Waals surface area contributed by atoms with E-state index in [9.17, 15) is 0 Å². The molecule has 0 aromatic carbocycles. The molecule has 2 atom stereocenters. The molecule has 2 nitrogen and oxygen atoms in total. The van der Waals surface area contributed by atoms with Crippen molar-refractivity contribution in [2.24, 2.45) is 0 Å². The van der Waals surface area contributed by atoms with E-state index in [1.165, 1.54) is 0 Å². The van der Waals surface area contributed by atoms with Gasteiger partial charge >= 0.3 is 0 Å². The van der Waals surface area contributed by atoms with Crippen LogP contribution in [0.25, 0.3) is 0 Å². The van der Waals surface area contributed by atoms with Crippen molar-refractivity contribution in [3.63, 3.8) is 0 Å². The third kappa shape index (κ3) is 3.74. The monoisotopic (exact) mass is 228 g/mol. The molecule has 1 heterocycles. The molecule has 1 aliphatic rings. The van der Waals surface area contributed by atoms with E-state index in [4.69, 9.17) is 9.16 Å². The summed E-state index contributed by atoms with van der Waals surface area (Å²) in [5.74, 6) is 0. The summed E-state index contributed by atoms with van der Waals surface area (Å²) in [6, 6.07) is 0. The topological polar surface area (TPSA) is 18.5 Å². The van der Waals surface area contributed by atoms with E-state index < -0.39 is 8.32 Å². The fourth-order valence-electron chi connectivity index (χ4n) is 2.20. The zero-order valence-corrected chi connectivity index (χ0v) is 11.7. The largest absolute Gasteiger partial charge is 0.410 e. The van der Waals surface area contributed by atoms with E-state index >= 15 is 0 Å². The maximum atomic E-state index is 6.18. The van der Waals surface area contributed by atoms with Gasteiger partial charge < -0.3 is 9.16 Å². The molecule has 1 saturated heterocycles. The molecule has 0 spiro atoms. The summed E-state index contributed by atoms with van der Waals surface area (Å²) in [4.78, 5) is 0. The summed E-state index contributed by atoms with van der Waals surface area (Å²) in [5.41, 5.74) is -0.164. The van der Waals surface area contributed by atoms with Crippen LogP contribution in [-0.4, -0.2) is 26.1 Å². The van der Waals surface area contributed by atoms with Crippen molar-refractivity contribution in [2.75, 3.05) is 0 Å². The third-order valence-electron chi connectivity index (χ3n) is 2.66. The number of rotatable bonds is 4. The molecule has 0 aromatic heterocycles. The molecule has 0 N–H and O–H groups in total. The minimum absolute atomic E-state index is 0.164. The van der Waals surface area contributed by atoms with Gasteiger partial charge in [-0.05, 0) is 46.3 Å². The Morgan fingerprint density at radius 3 is 2.33 bits per heavy atom. The van der Waals surface area contributed by atoms with E-state index in [1.807, 2.05) is 6.08 Å². The molecule has 0 bridgehead atoms. The van der Waals surface area contributed by atoms with Gasteiger partial charge in [0.05, 0.1) is 17.8 Å². The smallest absolute Gasteiger partial charge is 0.184 e. The molecular formula is C12H24O2Si. The van der Waals surface area contributed by atoms with Crippen LogP contribution >= 0.6 is 0 Å². The van der Waals surface area contributed by atoms with Crippen LogP contribution < -0.4 is 0 Å². The maximum Gasteiger partial charge on any atom is 0.184 e. The quantitative estimate of drug-likeness (QED) is 0.543. The van der Waals surface area contributed by atoms with Crippen LogP contribution in [-0.2, 0) is 9.16 Å². The molecule has 3 heteroatoms. The van der Waals surface area contributed by atoms with Crippen LogP contribution in [0.2, 0.25) is 19.6 Å². The van der Waals surface area contributed by atoms with E-state index in [-0.39, 0.29) is 17.8 Å². The average Bonchev–Trinajstić information content (AvgIpc) is 2.47. The SMILES string of the molecule is C=C[C@@H]1CC[C@@H](C(C)(C)O[Si](C)(C)C)O1. The van der Waals surface area contributed by atoms with Gasteiger partial charge in [0.2, 0.25) is 0 Å². The number of hydrogen-bond donors (Lipinski definition) is 0. The fraction of sp³-hybridized carbons (Fsp3) is 0.833. The standard InChI is InChI=1S/C12H24O2Si/c1-7-10-8-9-11(13-10)12(2,3)14-15(4,5)6/h7,10-11H,1,8-9H2,2-6H3/t10-,11+/m1/s1. The van der Waals surface area contributed by atoms with Crippen molar-refractivity contribution in [2.45, 2.75) is 64.1 Å². The Labute approximate surface area is 94.8 Å². The minimum atomic E-state index is -1.50. The lowest BCUT2D eigenvalue weighted by Gasteiger charge is -2.37. The first-order chi connectivity index (χ1) is 6.74.